The van der Waals surface area contributed by atoms with Crippen LogP contribution in [0.4, 0.5) is 10.1 Å². The molecule has 6 heteroatoms. The van der Waals surface area contributed by atoms with Gasteiger partial charge < -0.3 is 4.74 Å². The van der Waals surface area contributed by atoms with Crippen molar-refractivity contribution in [3.05, 3.63) is 66.5 Å². The third kappa shape index (κ3) is 3.12. The molecule has 0 fully saturated rings. The van der Waals surface area contributed by atoms with Gasteiger partial charge in [0, 0.05) is 11.8 Å². The van der Waals surface area contributed by atoms with Crippen LogP contribution >= 0.6 is 0 Å². The summed E-state index contributed by atoms with van der Waals surface area (Å²) >= 11 is 0. The maximum atomic E-state index is 13.4. The number of nitrogens with one attached hydrogen (secondary N) is 1. The van der Waals surface area contributed by atoms with Gasteiger partial charge >= 0.3 is 0 Å². The number of ether oxygens (including phenoxy) is 1. The first kappa shape index (κ1) is 15.3. The third-order valence-corrected chi connectivity index (χ3v) is 4.81. The quantitative estimate of drug-likeness (QED) is 0.791. The fraction of sp³-hybridized carbons (Fsp3) is 0.0588. The summed E-state index contributed by atoms with van der Waals surface area (Å²) in [6.45, 7) is 0. The lowest BCUT2D eigenvalue weighted by molar-refractivity contribution is 0.385. The number of sulfonamides is 1. The molecule has 1 N–H and O–H groups in total. The Balaban J connectivity index is 1.96. The van der Waals surface area contributed by atoms with Gasteiger partial charge in [0.15, 0.2) is 11.6 Å². The molecule has 0 radical (unpaired) electrons. The second kappa shape index (κ2) is 5.89. The highest BCUT2D eigenvalue weighted by Gasteiger charge is 2.17. The standard InChI is InChI=1S/C17H14FNO3S/c1-22-17-11-15(8-9-16(17)18)23(20,21)19-14-7-6-12-4-2-3-5-13(12)10-14/h2-11,19H,1H3. The van der Waals surface area contributed by atoms with E-state index < -0.39 is 15.8 Å². The zero-order chi connectivity index (χ0) is 16.4. The van der Waals surface area contributed by atoms with Crippen molar-refractivity contribution in [2.24, 2.45) is 0 Å². The summed E-state index contributed by atoms with van der Waals surface area (Å²) in [5, 5.41) is 1.93. The Hall–Kier alpha value is -2.60. The number of hydrogen-bond acceptors (Lipinski definition) is 3. The Morgan fingerprint density at radius 1 is 0.957 bits per heavy atom. The second-order valence-electron chi connectivity index (χ2n) is 4.96. The van der Waals surface area contributed by atoms with Crippen LogP contribution in [0.1, 0.15) is 0 Å². The molecule has 3 rings (SSSR count). The maximum absolute atomic E-state index is 13.4. The number of benzene rings is 3. The van der Waals surface area contributed by atoms with Crippen molar-refractivity contribution in [3.8, 4) is 5.75 Å². The largest absolute Gasteiger partial charge is 0.494 e. The molecule has 0 heterocycles. The molecule has 0 amide bonds. The van der Waals surface area contributed by atoms with Crippen molar-refractivity contribution in [1.29, 1.82) is 0 Å². The lowest BCUT2D eigenvalue weighted by Crippen LogP contribution is -2.13. The molecule has 0 atom stereocenters. The van der Waals surface area contributed by atoms with Crippen LogP contribution in [0, 0.1) is 5.82 Å². The SMILES string of the molecule is COc1cc(S(=O)(=O)Nc2ccc3ccccc3c2)ccc1F. The molecule has 0 unspecified atom stereocenters. The summed E-state index contributed by atoms with van der Waals surface area (Å²) in [5.41, 5.74) is 0.437. The first-order valence-corrected chi connectivity index (χ1v) is 8.33. The zero-order valence-electron chi connectivity index (χ0n) is 12.3. The smallest absolute Gasteiger partial charge is 0.262 e. The number of methoxy groups -OCH3 is 1. The van der Waals surface area contributed by atoms with Gasteiger partial charge in [-0.25, -0.2) is 12.8 Å². The van der Waals surface area contributed by atoms with Crippen molar-refractivity contribution in [2.75, 3.05) is 11.8 Å². The van der Waals surface area contributed by atoms with Gasteiger partial charge in [-0.3, -0.25) is 4.72 Å². The van der Waals surface area contributed by atoms with Crippen molar-refractivity contribution >= 4 is 26.5 Å². The number of hydrogen-bond donors (Lipinski definition) is 1. The summed E-state index contributed by atoms with van der Waals surface area (Å²) < 4.78 is 45.6. The van der Waals surface area contributed by atoms with Gasteiger partial charge in [0.2, 0.25) is 0 Å². The minimum Gasteiger partial charge on any atom is -0.494 e. The summed E-state index contributed by atoms with van der Waals surface area (Å²) in [6, 6.07) is 16.3. The lowest BCUT2D eigenvalue weighted by Gasteiger charge is -2.10. The summed E-state index contributed by atoms with van der Waals surface area (Å²) in [7, 11) is -2.54. The molecule has 23 heavy (non-hydrogen) atoms. The highest BCUT2D eigenvalue weighted by molar-refractivity contribution is 7.92. The van der Waals surface area contributed by atoms with Crippen molar-refractivity contribution in [2.45, 2.75) is 4.90 Å². The Labute approximate surface area is 133 Å². The average molecular weight is 331 g/mol. The van der Waals surface area contributed by atoms with Crippen LogP contribution < -0.4 is 9.46 Å². The molecule has 3 aromatic carbocycles. The Bertz CT molecular complexity index is 970. The van der Waals surface area contributed by atoms with Crippen LogP contribution in [0.15, 0.2) is 65.6 Å². The molecule has 118 valence electrons. The highest BCUT2D eigenvalue weighted by atomic mass is 32.2. The van der Waals surface area contributed by atoms with Crippen molar-refractivity contribution < 1.29 is 17.5 Å². The monoisotopic (exact) mass is 331 g/mol. The van der Waals surface area contributed by atoms with Crippen LogP contribution in [0.5, 0.6) is 5.75 Å². The van der Waals surface area contributed by atoms with Gasteiger partial charge in [-0.1, -0.05) is 30.3 Å². The average Bonchev–Trinajstić information content (AvgIpc) is 2.54. The Morgan fingerprint density at radius 2 is 1.70 bits per heavy atom. The molecular weight excluding hydrogens is 317 g/mol. The number of anilines is 1. The van der Waals surface area contributed by atoms with Gasteiger partial charge in [0.1, 0.15) is 0 Å². The predicted octanol–water partition coefficient (Wildman–Crippen LogP) is 3.79. The van der Waals surface area contributed by atoms with E-state index in [2.05, 4.69) is 4.72 Å². The van der Waals surface area contributed by atoms with Crippen LogP contribution in [-0.4, -0.2) is 15.5 Å². The first-order chi connectivity index (χ1) is 11.0. The van der Waals surface area contributed by atoms with Gasteiger partial charge in [0.05, 0.1) is 12.0 Å². The number of rotatable bonds is 4. The fourth-order valence-electron chi connectivity index (χ4n) is 2.27. The molecule has 4 nitrogen and oxygen atoms in total. The van der Waals surface area contributed by atoms with E-state index in [0.717, 1.165) is 22.9 Å². The van der Waals surface area contributed by atoms with E-state index in [1.807, 2.05) is 30.3 Å². The normalized spacial score (nSPS) is 11.4. The molecule has 0 saturated carbocycles. The number of halogens is 1. The van der Waals surface area contributed by atoms with Crippen LogP contribution in [0.3, 0.4) is 0 Å². The van der Waals surface area contributed by atoms with Gasteiger partial charge in [-0.2, -0.15) is 0 Å². The van der Waals surface area contributed by atoms with Crippen molar-refractivity contribution in [1.82, 2.24) is 0 Å². The van der Waals surface area contributed by atoms with Gasteiger partial charge in [-0.15, -0.1) is 0 Å². The third-order valence-electron chi connectivity index (χ3n) is 3.43. The molecule has 0 aliphatic carbocycles. The molecule has 3 aromatic rings. The van der Waals surface area contributed by atoms with E-state index in [-0.39, 0.29) is 10.6 Å². The summed E-state index contributed by atoms with van der Waals surface area (Å²) in [4.78, 5) is -0.0658. The summed E-state index contributed by atoms with van der Waals surface area (Å²) in [6.07, 6.45) is 0. The fourth-order valence-corrected chi connectivity index (χ4v) is 3.34. The van der Waals surface area contributed by atoms with Crippen LogP contribution in [0.25, 0.3) is 10.8 Å². The zero-order valence-corrected chi connectivity index (χ0v) is 13.1. The minimum atomic E-state index is -3.83. The number of fused-ring (bicyclic) bond motifs is 1. The van der Waals surface area contributed by atoms with Gasteiger partial charge in [-0.05, 0) is 35.0 Å². The van der Waals surface area contributed by atoms with E-state index in [1.54, 1.807) is 12.1 Å². The van der Waals surface area contributed by atoms with Crippen LogP contribution in [0.2, 0.25) is 0 Å². The molecule has 0 aliphatic rings. The molecule has 0 saturated heterocycles. The van der Waals surface area contributed by atoms with Crippen molar-refractivity contribution in [3.63, 3.8) is 0 Å². The summed E-state index contributed by atoms with van der Waals surface area (Å²) in [5.74, 6) is -0.733. The van der Waals surface area contributed by atoms with E-state index in [0.29, 0.717) is 5.69 Å². The van der Waals surface area contributed by atoms with E-state index in [1.165, 1.54) is 13.2 Å². The minimum absolute atomic E-state index is 0.0658. The topological polar surface area (TPSA) is 55.4 Å². The first-order valence-electron chi connectivity index (χ1n) is 6.85. The second-order valence-corrected chi connectivity index (χ2v) is 6.65. The Kier molecular flexibility index (Phi) is 3.92. The highest BCUT2D eigenvalue weighted by Crippen LogP contribution is 2.25. The van der Waals surface area contributed by atoms with E-state index in [4.69, 9.17) is 4.74 Å². The molecular formula is C17H14FNO3S. The molecule has 0 spiro atoms. The van der Waals surface area contributed by atoms with E-state index in [9.17, 15) is 12.8 Å². The Morgan fingerprint density at radius 3 is 2.43 bits per heavy atom. The van der Waals surface area contributed by atoms with Crippen LogP contribution in [-0.2, 0) is 10.0 Å². The molecule has 0 bridgehead atoms. The molecule has 0 aliphatic heterocycles. The molecule has 0 aromatic heterocycles. The van der Waals surface area contributed by atoms with E-state index >= 15 is 0 Å². The predicted molar refractivity (Wildman–Crippen MR) is 87.7 cm³/mol. The lowest BCUT2D eigenvalue weighted by atomic mass is 10.1. The van der Waals surface area contributed by atoms with Gasteiger partial charge in [0.25, 0.3) is 10.0 Å². The maximum Gasteiger partial charge on any atom is 0.262 e.